The predicted molar refractivity (Wildman–Crippen MR) is 81.8 cm³/mol. The molecule has 0 bridgehead atoms. The summed E-state index contributed by atoms with van der Waals surface area (Å²) in [7, 11) is 0. The van der Waals surface area contributed by atoms with E-state index in [2.05, 4.69) is 17.1 Å². The number of piperidine rings is 1. The van der Waals surface area contributed by atoms with E-state index in [0.717, 1.165) is 38.8 Å². The minimum Gasteiger partial charge on any atom is -0.477 e. The molecule has 22 heavy (non-hydrogen) atoms. The predicted octanol–water partition coefficient (Wildman–Crippen LogP) is 2.74. The summed E-state index contributed by atoms with van der Waals surface area (Å²) in [6.45, 7) is 1.56. The molecule has 1 spiro atoms. The lowest BCUT2D eigenvalue weighted by Crippen LogP contribution is -2.46. The summed E-state index contributed by atoms with van der Waals surface area (Å²) >= 11 is 0. The number of aromatic carboxylic acids is 1. The maximum Gasteiger partial charge on any atom is 0.354 e. The molecule has 1 aromatic heterocycles. The van der Waals surface area contributed by atoms with E-state index in [0.29, 0.717) is 5.56 Å². The van der Waals surface area contributed by atoms with Gasteiger partial charge in [0.2, 0.25) is 0 Å². The first-order valence-corrected chi connectivity index (χ1v) is 7.73. The first-order valence-electron chi connectivity index (χ1n) is 7.73. The molecule has 2 heterocycles. The number of likely N-dealkylation sites (tertiary alicyclic amines) is 1. The number of carboxylic acid groups (broad SMARTS) is 1. The Bertz CT molecular complexity index is 609. The lowest BCUT2D eigenvalue weighted by atomic mass is 9.71. The number of carboxylic acids is 1. The van der Waals surface area contributed by atoms with E-state index < -0.39 is 5.97 Å². The van der Waals surface area contributed by atoms with Gasteiger partial charge in [-0.1, -0.05) is 12.2 Å². The Labute approximate surface area is 129 Å². The number of allylic oxidation sites excluding steroid dienone is 2. The lowest BCUT2D eigenvalue weighted by molar-refractivity contribution is 0.0483. The molecule has 0 aromatic carbocycles. The number of carbonyl (C=O) groups is 2. The van der Waals surface area contributed by atoms with Gasteiger partial charge in [-0.05, 0) is 49.7 Å². The number of carbonyl (C=O) groups excluding carboxylic acids is 1. The van der Waals surface area contributed by atoms with Crippen LogP contribution in [0, 0.1) is 5.41 Å². The van der Waals surface area contributed by atoms with Crippen molar-refractivity contribution in [3.63, 3.8) is 0 Å². The van der Waals surface area contributed by atoms with Crippen LogP contribution in [0.3, 0.4) is 0 Å². The number of aromatic nitrogens is 1. The smallest absolute Gasteiger partial charge is 0.354 e. The summed E-state index contributed by atoms with van der Waals surface area (Å²) in [5.74, 6) is -1.12. The SMILES string of the molecule is O=C(O)c1ccc(C(=O)N2CCCC3(CC=CCC3)C2)cn1. The quantitative estimate of drug-likeness (QED) is 0.853. The molecule has 1 N–H and O–H groups in total. The van der Waals surface area contributed by atoms with Crippen molar-refractivity contribution >= 4 is 11.9 Å². The van der Waals surface area contributed by atoms with Crippen molar-refractivity contribution < 1.29 is 14.7 Å². The number of rotatable bonds is 2. The van der Waals surface area contributed by atoms with Gasteiger partial charge >= 0.3 is 5.97 Å². The molecule has 1 aliphatic carbocycles. The third kappa shape index (κ3) is 2.89. The van der Waals surface area contributed by atoms with Crippen LogP contribution in [0.1, 0.15) is 53.0 Å². The second-order valence-electron chi connectivity index (χ2n) is 6.28. The fourth-order valence-corrected chi connectivity index (χ4v) is 3.52. The Morgan fingerprint density at radius 2 is 2.09 bits per heavy atom. The van der Waals surface area contributed by atoms with E-state index in [1.165, 1.54) is 18.7 Å². The molecule has 3 rings (SSSR count). The Hall–Kier alpha value is -2.17. The largest absolute Gasteiger partial charge is 0.477 e. The van der Waals surface area contributed by atoms with Gasteiger partial charge in [0.15, 0.2) is 0 Å². The second kappa shape index (κ2) is 5.91. The molecular formula is C17H20N2O3. The van der Waals surface area contributed by atoms with Crippen molar-refractivity contribution in [2.24, 2.45) is 5.41 Å². The van der Waals surface area contributed by atoms with Crippen LogP contribution in [-0.4, -0.2) is 40.0 Å². The molecule has 5 heteroatoms. The molecule has 1 saturated heterocycles. The van der Waals surface area contributed by atoms with Crippen molar-refractivity contribution in [2.75, 3.05) is 13.1 Å². The zero-order valence-corrected chi connectivity index (χ0v) is 12.5. The van der Waals surface area contributed by atoms with Crippen molar-refractivity contribution in [2.45, 2.75) is 32.1 Å². The summed E-state index contributed by atoms with van der Waals surface area (Å²) < 4.78 is 0. The van der Waals surface area contributed by atoms with Gasteiger partial charge in [0.1, 0.15) is 5.69 Å². The number of amides is 1. The van der Waals surface area contributed by atoms with Crippen LogP contribution in [0.5, 0.6) is 0 Å². The Morgan fingerprint density at radius 1 is 1.23 bits per heavy atom. The molecule has 2 aliphatic rings. The maximum absolute atomic E-state index is 12.6. The van der Waals surface area contributed by atoms with Gasteiger partial charge in [0.05, 0.1) is 5.56 Å². The minimum atomic E-state index is -1.08. The third-order valence-electron chi connectivity index (χ3n) is 4.74. The highest BCUT2D eigenvalue weighted by Crippen LogP contribution is 2.41. The van der Waals surface area contributed by atoms with Gasteiger partial charge in [-0.3, -0.25) is 4.79 Å². The molecule has 1 aromatic rings. The van der Waals surface area contributed by atoms with E-state index in [1.807, 2.05) is 4.90 Å². The Balaban J connectivity index is 1.74. The van der Waals surface area contributed by atoms with Crippen LogP contribution in [0.15, 0.2) is 30.5 Å². The monoisotopic (exact) mass is 300 g/mol. The lowest BCUT2D eigenvalue weighted by Gasteiger charge is -2.44. The topological polar surface area (TPSA) is 70.5 Å². The number of nitrogens with zero attached hydrogens (tertiary/aromatic N) is 2. The van der Waals surface area contributed by atoms with Gasteiger partial charge < -0.3 is 10.0 Å². The summed E-state index contributed by atoms with van der Waals surface area (Å²) in [6.07, 6.45) is 11.3. The first kappa shape index (κ1) is 14.8. The normalized spacial score (nSPS) is 24.5. The average Bonchev–Trinajstić information content (AvgIpc) is 2.55. The molecule has 1 aliphatic heterocycles. The molecule has 1 atom stereocenters. The highest BCUT2D eigenvalue weighted by molar-refractivity contribution is 5.95. The summed E-state index contributed by atoms with van der Waals surface area (Å²) in [5, 5.41) is 8.86. The zero-order chi connectivity index (χ0) is 15.6. The molecule has 0 saturated carbocycles. The molecule has 1 amide bonds. The Kier molecular flexibility index (Phi) is 3.96. The van der Waals surface area contributed by atoms with Gasteiger partial charge in [-0.2, -0.15) is 0 Å². The van der Waals surface area contributed by atoms with E-state index in [4.69, 9.17) is 5.11 Å². The van der Waals surface area contributed by atoms with Crippen LogP contribution < -0.4 is 0 Å². The number of hydrogen-bond acceptors (Lipinski definition) is 3. The average molecular weight is 300 g/mol. The van der Waals surface area contributed by atoms with Crippen LogP contribution in [0.2, 0.25) is 0 Å². The molecule has 0 radical (unpaired) electrons. The molecule has 1 unspecified atom stereocenters. The third-order valence-corrected chi connectivity index (χ3v) is 4.74. The second-order valence-corrected chi connectivity index (χ2v) is 6.28. The van der Waals surface area contributed by atoms with Crippen LogP contribution in [-0.2, 0) is 0 Å². The molecule has 1 fully saturated rings. The van der Waals surface area contributed by atoms with Gasteiger partial charge in [0.25, 0.3) is 5.91 Å². The molecular weight excluding hydrogens is 280 g/mol. The van der Waals surface area contributed by atoms with Crippen molar-refractivity contribution in [3.05, 3.63) is 41.7 Å². The van der Waals surface area contributed by atoms with Crippen molar-refractivity contribution in [1.82, 2.24) is 9.88 Å². The number of hydrogen-bond donors (Lipinski definition) is 1. The van der Waals surface area contributed by atoms with Crippen LogP contribution in [0.25, 0.3) is 0 Å². The fourth-order valence-electron chi connectivity index (χ4n) is 3.52. The summed E-state index contributed by atoms with van der Waals surface area (Å²) in [4.78, 5) is 29.2. The van der Waals surface area contributed by atoms with E-state index in [9.17, 15) is 9.59 Å². The molecule has 5 nitrogen and oxygen atoms in total. The standard InChI is InChI=1S/C17H20N2O3/c20-15(13-5-6-14(16(21)22)18-11-13)19-10-4-9-17(12-19)7-2-1-3-8-17/h1-2,5-6,11H,3-4,7-10,12H2,(H,21,22). The maximum atomic E-state index is 12.6. The van der Waals surface area contributed by atoms with E-state index in [1.54, 1.807) is 6.07 Å². The van der Waals surface area contributed by atoms with Crippen molar-refractivity contribution in [1.29, 1.82) is 0 Å². The van der Waals surface area contributed by atoms with E-state index in [-0.39, 0.29) is 17.0 Å². The highest BCUT2D eigenvalue weighted by atomic mass is 16.4. The van der Waals surface area contributed by atoms with Gasteiger partial charge in [0, 0.05) is 19.3 Å². The van der Waals surface area contributed by atoms with Crippen LogP contribution in [0.4, 0.5) is 0 Å². The van der Waals surface area contributed by atoms with E-state index >= 15 is 0 Å². The van der Waals surface area contributed by atoms with Crippen molar-refractivity contribution in [3.8, 4) is 0 Å². The van der Waals surface area contributed by atoms with Gasteiger partial charge in [-0.25, -0.2) is 9.78 Å². The zero-order valence-electron chi connectivity index (χ0n) is 12.5. The summed E-state index contributed by atoms with van der Waals surface area (Å²) in [6, 6.07) is 2.94. The fraction of sp³-hybridized carbons (Fsp3) is 0.471. The first-order chi connectivity index (χ1) is 10.6. The number of pyridine rings is 1. The Morgan fingerprint density at radius 3 is 2.73 bits per heavy atom. The summed E-state index contributed by atoms with van der Waals surface area (Å²) in [5.41, 5.74) is 0.661. The highest BCUT2D eigenvalue weighted by Gasteiger charge is 2.36. The molecule has 116 valence electrons. The van der Waals surface area contributed by atoms with Gasteiger partial charge in [-0.15, -0.1) is 0 Å². The van der Waals surface area contributed by atoms with Crippen LogP contribution >= 0.6 is 0 Å². The minimum absolute atomic E-state index is 0.0379.